The number of amides is 2. The molecule has 1 saturated heterocycles. The van der Waals surface area contributed by atoms with Crippen molar-refractivity contribution in [3.05, 3.63) is 40.7 Å². The number of nitrogens with zero attached hydrogens (tertiary/aromatic N) is 2. The first-order valence-electron chi connectivity index (χ1n) is 9.41. The second-order valence-corrected chi connectivity index (χ2v) is 9.36. The molecule has 0 atom stereocenters. The Hall–Kier alpha value is -2.61. The van der Waals surface area contributed by atoms with Crippen LogP contribution in [0.3, 0.4) is 0 Å². The van der Waals surface area contributed by atoms with Gasteiger partial charge in [0.2, 0.25) is 15.9 Å². The fourth-order valence-electron chi connectivity index (χ4n) is 2.72. The fraction of sp³-hybridized carbons (Fsp3) is 0.389. The highest BCUT2D eigenvalue weighted by Gasteiger charge is 2.21. The Kier molecular flexibility index (Phi) is 7.54. The normalized spacial score (nSPS) is 14.3. The highest BCUT2D eigenvalue weighted by atomic mass is 32.2. The third-order valence-corrected chi connectivity index (χ3v) is 7.05. The van der Waals surface area contributed by atoms with Crippen molar-refractivity contribution in [2.45, 2.75) is 18.2 Å². The quantitative estimate of drug-likeness (QED) is 0.503. The van der Waals surface area contributed by atoms with E-state index in [0.717, 1.165) is 24.3 Å². The Bertz CT molecular complexity index is 1040. The first-order valence-corrected chi connectivity index (χ1v) is 11.7. The molecule has 2 aromatic rings. The lowest BCUT2D eigenvalue weighted by atomic mass is 10.4. The van der Waals surface area contributed by atoms with Crippen LogP contribution < -0.4 is 20.5 Å². The maximum absolute atomic E-state index is 12.9. The number of carbonyl (C=O) groups excluding carboxylic acids is 2. The summed E-state index contributed by atoms with van der Waals surface area (Å²) in [7, 11) is -3.86. The molecule has 31 heavy (non-hydrogen) atoms. The number of rotatable bonds is 7. The standard InChI is InChI=1S/C18H22FN5O5S2/c1-12-16(30-18(21-12)24-8-10-29-11-9-24)17(26)23-22-15(25)6-7-20-31(27,28)14-4-2-13(19)3-5-14/h2-5,20H,6-11H2,1H3,(H,22,25)(H,23,26). The number of nitrogens with one attached hydrogen (secondary N) is 3. The molecule has 0 aliphatic carbocycles. The van der Waals surface area contributed by atoms with Gasteiger partial charge in [-0.05, 0) is 31.2 Å². The van der Waals surface area contributed by atoms with Gasteiger partial charge in [0.15, 0.2) is 5.13 Å². The van der Waals surface area contributed by atoms with Crippen LogP contribution in [0.5, 0.6) is 0 Å². The molecule has 0 bridgehead atoms. The summed E-state index contributed by atoms with van der Waals surface area (Å²) in [6.07, 6.45) is -0.207. The van der Waals surface area contributed by atoms with Gasteiger partial charge < -0.3 is 9.64 Å². The zero-order valence-electron chi connectivity index (χ0n) is 16.7. The molecular formula is C18H22FN5O5S2. The third-order valence-electron chi connectivity index (χ3n) is 4.36. The van der Waals surface area contributed by atoms with E-state index in [0.29, 0.717) is 42.0 Å². The van der Waals surface area contributed by atoms with Crippen molar-refractivity contribution in [1.29, 1.82) is 0 Å². The van der Waals surface area contributed by atoms with Crippen LogP contribution in [0, 0.1) is 12.7 Å². The molecule has 2 heterocycles. The van der Waals surface area contributed by atoms with Crippen molar-refractivity contribution in [3.8, 4) is 0 Å². The Morgan fingerprint density at radius 3 is 2.55 bits per heavy atom. The van der Waals surface area contributed by atoms with Crippen molar-refractivity contribution < 1.29 is 27.1 Å². The molecule has 1 aromatic heterocycles. The number of aromatic nitrogens is 1. The molecule has 1 aliphatic heterocycles. The maximum atomic E-state index is 12.9. The molecular weight excluding hydrogens is 449 g/mol. The molecule has 0 saturated carbocycles. The molecule has 0 spiro atoms. The minimum atomic E-state index is -3.86. The van der Waals surface area contributed by atoms with Crippen LogP contribution in [0.2, 0.25) is 0 Å². The first kappa shape index (κ1) is 23.1. The van der Waals surface area contributed by atoms with E-state index in [-0.39, 0.29) is 17.9 Å². The summed E-state index contributed by atoms with van der Waals surface area (Å²) < 4.78 is 44.7. The number of morpholine rings is 1. The number of carbonyl (C=O) groups is 2. The van der Waals surface area contributed by atoms with E-state index >= 15 is 0 Å². The molecule has 13 heteroatoms. The van der Waals surface area contributed by atoms with Gasteiger partial charge in [-0.15, -0.1) is 0 Å². The summed E-state index contributed by atoms with van der Waals surface area (Å²) in [6, 6.07) is 4.31. The summed E-state index contributed by atoms with van der Waals surface area (Å²) in [4.78, 5) is 31.0. The Morgan fingerprint density at radius 1 is 1.19 bits per heavy atom. The van der Waals surface area contributed by atoms with Crippen LogP contribution in [0.4, 0.5) is 9.52 Å². The number of hydrogen-bond acceptors (Lipinski definition) is 8. The van der Waals surface area contributed by atoms with E-state index in [1.165, 1.54) is 11.3 Å². The van der Waals surface area contributed by atoms with Gasteiger partial charge in [0.1, 0.15) is 10.7 Å². The number of thiazole rings is 1. The second-order valence-electron chi connectivity index (χ2n) is 6.61. The Balaban J connectivity index is 1.45. The Labute approximate surface area is 182 Å². The lowest BCUT2D eigenvalue weighted by Crippen LogP contribution is -2.42. The van der Waals surface area contributed by atoms with E-state index in [9.17, 15) is 22.4 Å². The van der Waals surface area contributed by atoms with Crippen LogP contribution in [-0.4, -0.2) is 58.1 Å². The highest BCUT2D eigenvalue weighted by Crippen LogP contribution is 2.26. The zero-order valence-corrected chi connectivity index (χ0v) is 18.3. The molecule has 0 radical (unpaired) electrons. The van der Waals surface area contributed by atoms with Crippen molar-refractivity contribution in [1.82, 2.24) is 20.6 Å². The van der Waals surface area contributed by atoms with Crippen LogP contribution in [0.1, 0.15) is 21.8 Å². The molecule has 1 aromatic carbocycles. The maximum Gasteiger partial charge on any atom is 0.281 e. The van der Waals surface area contributed by atoms with Gasteiger partial charge in [0, 0.05) is 26.1 Å². The van der Waals surface area contributed by atoms with Crippen LogP contribution in [-0.2, 0) is 19.6 Å². The van der Waals surface area contributed by atoms with Crippen LogP contribution in [0.15, 0.2) is 29.2 Å². The molecule has 10 nitrogen and oxygen atoms in total. The van der Waals surface area contributed by atoms with Gasteiger partial charge in [-0.3, -0.25) is 20.4 Å². The number of sulfonamides is 1. The van der Waals surface area contributed by atoms with Crippen molar-refractivity contribution in [3.63, 3.8) is 0 Å². The second kappa shape index (κ2) is 10.1. The minimum Gasteiger partial charge on any atom is -0.378 e. The SMILES string of the molecule is Cc1nc(N2CCOCC2)sc1C(=O)NNC(=O)CCNS(=O)(=O)c1ccc(F)cc1. The highest BCUT2D eigenvalue weighted by molar-refractivity contribution is 7.89. The number of aryl methyl sites for hydroxylation is 1. The average molecular weight is 472 g/mol. The van der Waals surface area contributed by atoms with Gasteiger partial charge in [0.05, 0.1) is 23.8 Å². The van der Waals surface area contributed by atoms with E-state index in [1.807, 2.05) is 4.90 Å². The lowest BCUT2D eigenvalue weighted by molar-refractivity contribution is -0.121. The van der Waals surface area contributed by atoms with Gasteiger partial charge in [-0.1, -0.05) is 11.3 Å². The summed E-state index contributed by atoms with van der Waals surface area (Å²) in [5, 5.41) is 0.715. The van der Waals surface area contributed by atoms with Gasteiger partial charge >= 0.3 is 0 Å². The first-order chi connectivity index (χ1) is 14.8. The van der Waals surface area contributed by atoms with Gasteiger partial charge in [0.25, 0.3) is 5.91 Å². The fourth-order valence-corrected chi connectivity index (χ4v) is 4.77. The van der Waals surface area contributed by atoms with Crippen molar-refractivity contribution in [2.24, 2.45) is 0 Å². The largest absolute Gasteiger partial charge is 0.378 e. The molecule has 1 fully saturated rings. The molecule has 168 valence electrons. The van der Waals surface area contributed by atoms with Gasteiger partial charge in [-0.25, -0.2) is 22.5 Å². The number of hydrazine groups is 1. The summed E-state index contributed by atoms with van der Waals surface area (Å²) in [5.74, 6) is -1.64. The minimum absolute atomic E-state index is 0.112. The van der Waals surface area contributed by atoms with Crippen molar-refractivity contribution >= 4 is 38.3 Å². The zero-order chi connectivity index (χ0) is 22.4. The predicted octanol–water partition coefficient (Wildman–Crippen LogP) is 0.557. The molecule has 1 aliphatic rings. The monoisotopic (exact) mass is 471 g/mol. The summed E-state index contributed by atoms with van der Waals surface area (Å²) >= 11 is 1.22. The summed E-state index contributed by atoms with van der Waals surface area (Å²) in [5.41, 5.74) is 5.11. The lowest BCUT2D eigenvalue weighted by Gasteiger charge is -2.25. The smallest absolute Gasteiger partial charge is 0.281 e. The number of ether oxygens (including phenoxy) is 1. The van der Waals surface area contributed by atoms with Gasteiger partial charge in [-0.2, -0.15) is 0 Å². The molecule has 3 rings (SSSR count). The number of benzene rings is 1. The van der Waals surface area contributed by atoms with Crippen molar-refractivity contribution in [2.75, 3.05) is 37.7 Å². The van der Waals surface area contributed by atoms with E-state index in [1.54, 1.807) is 6.92 Å². The molecule has 0 unspecified atom stereocenters. The molecule has 2 amide bonds. The summed E-state index contributed by atoms with van der Waals surface area (Å²) in [6.45, 7) is 4.10. The third kappa shape index (κ3) is 6.19. The van der Waals surface area contributed by atoms with E-state index in [2.05, 4.69) is 20.6 Å². The molecule has 3 N–H and O–H groups in total. The van der Waals surface area contributed by atoms with Crippen LogP contribution in [0.25, 0.3) is 0 Å². The number of halogens is 1. The number of hydrogen-bond donors (Lipinski definition) is 3. The number of anilines is 1. The predicted molar refractivity (Wildman–Crippen MR) is 112 cm³/mol. The topological polar surface area (TPSA) is 130 Å². The van der Waals surface area contributed by atoms with Crippen LogP contribution >= 0.6 is 11.3 Å². The average Bonchev–Trinajstić information content (AvgIpc) is 3.14. The van der Waals surface area contributed by atoms with E-state index in [4.69, 9.17) is 4.74 Å². The van der Waals surface area contributed by atoms with E-state index < -0.39 is 27.7 Å². The Morgan fingerprint density at radius 2 is 1.87 bits per heavy atom.